The van der Waals surface area contributed by atoms with E-state index in [1.807, 2.05) is 60.7 Å². The number of hydrogen-bond donors (Lipinski definition) is 0. The average Bonchev–Trinajstić information content (AvgIpc) is 3.28. The maximum Gasteiger partial charge on any atom is 0.280 e. The second-order valence-electron chi connectivity index (χ2n) is 6.97. The van der Waals surface area contributed by atoms with Crippen molar-refractivity contribution in [1.29, 1.82) is 0 Å². The number of nitrogens with zero attached hydrogens (tertiary/aromatic N) is 4. The van der Waals surface area contributed by atoms with Gasteiger partial charge in [0.1, 0.15) is 11.4 Å². The van der Waals surface area contributed by atoms with Crippen LogP contribution in [0.15, 0.2) is 60.7 Å². The van der Waals surface area contributed by atoms with Crippen LogP contribution in [0.4, 0.5) is 0 Å². The van der Waals surface area contributed by atoms with Crippen LogP contribution in [0, 0.1) is 0 Å². The number of para-hydroxylation sites is 1. The first-order chi connectivity index (χ1) is 14.2. The molecule has 0 aliphatic carbocycles. The minimum absolute atomic E-state index is 0.266. The molecule has 29 heavy (non-hydrogen) atoms. The van der Waals surface area contributed by atoms with E-state index in [0.717, 1.165) is 24.3 Å². The molecule has 4 rings (SSSR count). The molecule has 6 heteroatoms. The molecule has 1 aliphatic heterocycles. The van der Waals surface area contributed by atoms with Crippen LogP contribution in [-0.2, 0) is 0 Å². The van der Waals surface area contributed by atoms with Crippen molar-refractivity contribution in [2.75, 3.05) is 26.2 Å². The highest BCUT2D eigenvalue weighted by Crippen LogP contribution is 2.33. The molecule has 148 valence electrons. The number of carbonyl (C=O) groups excluding carboxylic acids is 2. The number of rotatable bonds is 7. The van der Waals surface area contributed by atoms with E-state index in [1.54, 1.807) is 4.68 Å². The number of amides is 2. The van der Waals surface area contributed by atoms with Crippen molar-refractivity contribution in [2.24, 2.45) is 0 Å². The van der Waals surface area contributed by atoms with Gasteiger partial charge in [0.15, 0.2) is 0 Å². The first-order valence-corrected chi connectivity index (χ1v) is 9.98. The molecule has 0 atom stereocenters. The smallest absolute Gasteiger partial charge is 0.280 e. The zero-order valence-corrected chi connectivity index (χ0v) is 16.7. The third-order valence-corrected chi connectivity index (χ3v) is 5.37. The Balaban J connectivity index is 1.79. The van der Waals surface area contributed by atoms with Gasteiger partial charge in [0.05, 0.1) is 11.3 Å². The molecular weight excluding hydrogens is 364 g/mol. The van der Waals surface area contributed by atoms with Crippen LogP contribution in [0.5, 0.6) is 0 Å². The van der Waals surface area contributed by atoms with Crippen LogP contribution in [0.1, 0.15) is 34.7 Å². The lowest BCUT2D eigenvalue weighted by atomic mass is 10.1. The summed E-state index contributed by atoms with van der Waals surface area (Å²) in [7, 11) is 0. The summed E-state index contributed by atoms with van der Waals surface area (Å²) in [5.74, 6) is -0.547. The Labute approximate surface area is 170 Å². The van der Waals surface area contributed by atoms with Crippen molar-refractivity contribution in [3.8, 4) is 16.9 Å². The van der Waals surface area contributed by atoms with E-state index in [2.05, 4.69) is 23.8 Å². The van der Waals surface area contributed by atoms with Crippen LogP contribution in [0.2, 0.25) is 0 Å². The lowest BCUT2D eigenvalue weighted by Crippen LogP contribution is -2.38. The number of hydrogen-bond acceptors (Lipinski definition) is 4. The van der Waals surface area contributed by atoms with Crippen molar-refractivity contribution in [2.45, 2.75) is 13.8 Å². The number of aromatic nitrogens is 2. The molecule has 2 heterocycles. The highest BCUT2D eigenvalue weighted by Gasteiger charge is 2.42. The predicted octanol–water partition coefficient (Wildman–Crippen LogP) is 3.48. The normalized spacial score (nSPS) is 13.4. The van der Waals surface area contributed by atoms with Gasteiger partial charge in [0.25, 0.3) is 11.8 Å². The second-order valence-corrected chi connectivity index (χ2v) is 6.97. The van der Waals surface area contributed by atoms with Gasteiger partial charge >= 0.3 is 0 Å². The molecule has 0 radical (unpaired) electrons. The zero-order valence-electron chi connectivity index (χ0n) is 16.7. The summed E-state index contributed by atoms with van der Waals surface area (Å²) in [4.78, 5) is 30.1. The minimum atomic E-state index is -0.282. The standard InChI is InChI=1S/C23H24N4O2/c1-3-25(4-2)15-16-26-22(28)19-20(17-11-7-5-8-12-17)24-27(21(19)23(26)29)18-13-9-6-10-14-18/h5-14H,3-4,15-16H2,1-2H3. The molecule has 0 saturated heterocycles. The van der Waals surface area contributed by atoms with Gasteiger partial charge in [-0.2, -0.15) is 5.10 Å². The van der Waals surface area contributed by atoms with Crippen LogP contribution in [0.25, 0.3) is 16.9 Å². The van der Waals surface area contributed by atoms with Gasteiger partial charge in [-0.1, -0.05) is 62.4 Å². The van der Waals surface area contributed by atoms with Crippen LogP contribution in [0.3, 0.4) is 0 Å². The Bertz CT molecular complexity index is 950. The molecule has 0 saturated carbocycles. The summed E-state index contributed by atoms with van der Waals surface area (Å²) in [6, 6.07) is 19.0. The molecule has 3 aromatic rings. The van der Waals surface area contributed by atoms with E-state index >= 15 is 0 Å². The van der Waals surface area contributed by atoms with E-state index in [-0.39, 0.29) is 11.8 Å². The summed E-state index contributed by atoms with van der Waals surface area (Å²) >= 11 is 0. The van der Waals surface area contributed by atoms with E-state index in [0.29, 0.717) is 30.0 Å². The van der Waals surface area contributed by atoms with Gasteiger partial charge < -0.3 is 4.90 Å². The Kier molecular flexibility index (Phi) is 5.27. The van der Waals surface area contributed by atoms with E-state index in [9.17, 15) is 9.59 Å². The monoisotopic (exact) mass is 388 g/mol. The van der Waals surface area contributed by atoms with Crippen molar-refractivity contribution >= 4 is 11.8 Å². The highest BCUT2D eigenvalue weighted by molar-refractivity contribution is 6.23. The third-order valence-electron chi connectivity index (χ3n) is 5.37. The molecule has 0 spiro atoms. The van der Waals surface area contributed by atoms with Crippen LogP contribution >= 0.6 is 0 Å². The molecule has 1 aliphatic rings. The number of fused-ring (bicyclic) bond motifs is 1. The highest BCUT2D eigenvalue weighted by atomic mass is 16.2. The first-order valence-electron chi connectivity index (χ1n) is 9.98. The number of likely N-dealkylation sites (N-methyl/N-ethyl adjacent to an activating group) is 1. The quantitative estimate of drug-likeness (QED) is 0.582. The Hall–Kier alpha value is -3.25. The van der Waals surface area contributed by atoms with E-state index in [1.165, 1.54) is 4.90 Å². The fourth-order valence-electron chi connectivity index (χ4n) is 3.71. The number of benzene rings is 2. The topological polar surface area (TPSA) is 58.4 Å². The van der Waals surface area contributed by atoms with Crippen molar-refractivity contribution < 1.29 is 9.59 Å². The summed E-state index contributed by atoms with van der Waals surface area (Å²) in [5, 5.41) is 4.67. The second kappa shape index (κ2) is 8.01. The molecule has 2 amide bonds. The van der Waals surface area contributed by atoms with Gasteiger partial charge in [0, 0.05) is 18.7 Å². The fraction of sp³-hybridized carbons (Fsp3) is 0.261. The summed E-state index contributed by atoms with van der Waals surface area (Å²) < 4.78 is 1.61. The van der Waals surface area contributed by atoms with Gasteiger partial charge in [-0.3, -0.25) is 14.5 Å². The van der Waals surface area contributed by atoms with Gasteiger partial charge in [-0.25, -0.2) is 4.68 Å². The SMILES string of the molecule is CCN(CC)CCN1C(=O)c2c(-c3ccccc3)nn(-c3ccccc3)c2C1=O. The largest absolute Gasteiger partial charge is 0.302 e. The molecule has 0 fully saturated rings. The third kappa shape index (κ3) is 3.36. The lowest BCUT2D eigenvalue weighted by Gasteiger charge is -2.22. The molecule has 1 aromatic heterocycles. The first kappa shape index (κ1) is 19.1. The lowest BCUT2D eigenvalue weighted by molar-refractivity contribution is 0.0633. The average molecular weight is 388 g/mol. The van der Waals surface area contributed by atoms with Gasteiger partial charge in [-0.15, -0.1) is 0 Å². The van der Waals surface area contributed by atoms with Crippen molar-refractivity contribution in [3.05, 3.63) is 71.9 Å². The van der Waals surface area contributed by atoms with Gasteiger partial charge in [-0.05, 0) is 25.2 Å². The Morgan fingerprint density at radius 2 is 1.48 bits per heavy atom. The number of imide groups is 1. The Morgan fingerprint density at radius 3 is 2.10 bits per heavy atom. The minimum Gasteiger partial charge on any atom is -0.302 e. The Morgan fingerprint density at radius 1 is 0.862 bits per heavy atom. The predicted molar refractivity (Wildman–Crippen MR) is 112 cm³/mol. The van der Waals surface area contributed by atoms with Crippen molar-refractivity contribution in [3.63, 3.8) is 0 Å². The summed E-state index contributed by atoms with van der Waals surface area (Å²) in [5.41, 5.74) is 2.88. The zero-order chi connectivity index (χ0) is 20.4. The summed E-state index contributed by atoms with van der Waals surface area (Å²) in [6.45, 7) is 6.95. The fourth-order valence-corrected chi connectivity index (χ4v) is 3.71. The number of carbonyl (C=O) groups is 2. The molecule has 2 aromatic carbocycles. The van der Waals surface area contributed by atoms with Gasteiger partial charge in [0.2, 0.25) is 0 Å². The van der Waals surface area contributed by atoms with E-state index < -0.39 is 0 Å². The van der Waals surface area contributed by atoms with Crippen LogP contribution < -0.4 is 0 Å². The molecule has 6 nitrogen and oxygen atoms in total. The molecule has 0 unspecified atom stereocenters. The maximum atomic E-state index is 13.3. The maximum absolute atomic E-state index is 13.3. The molecule has 0 bridgehead atoms. The molecular formula is C23H24N4O2. The van der Waals surface area contributed by atoms with Crippen molar-refractivity contribution in [1.82, 2.24) is 19.6 Å². The molecule has 0 N–H and O–H groups in total. The van der Waals surface area contributed by atoms with E-state index in [4.69, 9.17) is 0 Å². The van der Waals surface area contributed by atoms with Crippen LogP contribution in [-0.4, -0.2) is 57.6 Å². The summed E-state index contributed by atoms with van der Waals surface area (Å²) in [6.07, 6.45) is 0.